The third-order valence-electron chi connectivity index (χ3n) is 4.06. The van der Waals surface area contributed by atoms with Crippen LogP contribution in [0.1, 0.15) is 31.2 Å². The van der Waals surface area contributed by atoms with Gasteiger partial charge in [-0.2, -0.15) is 0 Å². The second kappa shape index (κ2) is 7.39. The van der Waals surface area contributed by atoms with Gasteiger partial charge in [-0.1, -0.05) is 25.3 Å². The maximum absolute atomic E-state index is 5.48. The predicted molar refractivity (Wildman–Crippen MR) is 79.8 cm³/mol. The second-order valence-corrected chi connectivity index (χ2v) is 5.26. The van der Waals surface area contributed by atoms with Gasteiger partial charge in [0.05, 0.1) is 21.3 Å². The van der Waals surface area contributed by atoms with Gasteiger partial charge in [0, 0.05) is 12.1 Å². The van der Waals surface area contributed by atoms with Crippen LogP contribution in [0.2, 0.25) is 0 Å². The zero-order valence-electron chi connectivity index (χ0n) is 12.7. The Balaban J connectivity index is 1.95. The summed E-state index contributed by atoms with van der Waals surface area (Å²) in [7, 11) is 4.93. The molecule has 0 aromatic heterocycles. The fourth-order valence-corrected chi connectivity index (χ4v) is 2.61. The maximum Gasteiger partial charge on any atom is 0.203 e. The van der Waals surface area contributed by atoms with E-state index in [1.807, 2.05) is 12.1 Å². The summed E-state index contributed by atoms with van der Waals surface area (Å²) in [4.78, 5) is 0. The molecular formula is C16H25NO3. The van der Waals surface area contributed by atoms with Crippen molar-refractivity contribution in [1.29, 1.82) is 0 Å². The van der Waals surface area contributed by atoms with Crippen LogP contribution >= 0.6 is 0 Å². The monoisotopic (exact) mass is 279 g/mol. The molecule has 1 aliphatic rings. The Morgan fingerprint density at radius 1 is 1.05 bits per heavy atom. The summed E-state index contributed by atoms with van der Waals surface area (Å²) in [6.07, 6.45) is 5.49. The van der Waals surface area contributed by atoms with E-state index in [2.05, 4.69) is 5.32 Å². The van der Waals surface area contributed by atoms with Crippen molar-refractivity contribution in [1.82, 2.24) is 5.32 Å². The smallest absolute Gasteiger partial charge is 0.203 e. The quantitative estimate of drug-likeness (QED) is 0.743. The van der Waals surface area contributed by atoms with Crippen molar-refractivity contribution < 1.29 is 14.2 Å². The normalized spacial score (nSPS) is 14.8. The highest BCUT2D eigenvalue weighted by atomic mass is 16.5. The highest BCUT2D eigenvalue weighted by Gasteiger charge is 2.17. The first-order valence-electron chi connectivity index (χ1n) is 7.28. The third-order valence-corrected chi connectivity index (χ3v) is 4.06. The minimum Gasteiger partial charge on any atom is -0.493 e. The second-order valence-electron chi connectivity index (χ2n) is 5.26. The molecule has 1 aromatic rings. The van der Waals surface area contributed by atoms with Gasteiger partial charge in [0.15, 0.2) is 11.5 Å². The van der Waals surface area contributed by atoms with Crippen molar-refractivity contribution in [3.05, 3.63) is 17.7 Å². The summed E-state index contributed by atoms with van der Waals surface area (Å²) in [5.74, 6) is 3.05. The lowest BCUT2D eigenvalue weighted by Crippen LogP contribution is -2.21. The van der Waals surface area contributed by atoms with Gasteiger partial charge in [-0.15, -0.1) is 0 Å². The van der Waals surface area contributed by atoms with Crippen molar-refractivity contribution in [2.45, 2.75) is 32.2 Å². The molecule has 0 amide bonds. The molecule has 2 rings (SSSR count). The topological polar surface area (TPSA) is 39.7 Å². The first-order valence-corrected chi connectivity index (χ1v) is 7.28. The van der Waals surface area contributed by atoms with Crippen molar-refractivity contribution in [3.8, 4) is 17.2 Å². The zero-order valence-corrected chi connectivity index (χ0v) is 12.7. The van der Waals surface area contributed by atoms with Gasteiger partial charge in [-0.3, -0.25) is 0 Å². The van der Waals surface area contributed by atoms with E-state index in [9.17, 15) is 0 Å². The standard InChI is InChI=1S/C16H25NO3/c1-18-14-8-7-13(15(19-2)16(14)20-3)11-17-10-9-12-5-4-6-12/h7-8,12,17H,4-6,9-11H2,1-3H3. The van der Waals surface area contributed by atoms with Gasteiger partial charge in [-0.05, 0) is 24.9 Å². The molecule has 1 fully saturated rings. The zero-order chi connectivity index (χ0) is 14.4. The van der Waals surface area contributed by atoms with Gasteiger partial charge in [0.2, 0.25) is 5.75 Å². The van der Waals surface area contributed by atoms with Crippen LogP contribution in [0.5, 0.6) is 17.2 Å². The van der Waals surface area contributed by atoms with Crippen molar-refractivity contribution in [2.24, 2.45) is 5.92 Å². The first-order chi connectivity index (χ1) is 9.80. The summed E-state index contributed by atoms with van der Waals surface area (Å²) >= 11 is 0. The molecule has 0 bridgehead atoms. The Morgan fingerprint density at radius 2 is 1.80 bits per heavy atom. The Labute approximate surface area is 121 Å². The van der Waals surface area contributed by atoms with E-state index in [1.54, 1.807) is 21.3 Å². The number of methoxy groups -OCH3 is 3. The summed E-state index contributed by atoms with van der Waals surface area (Å²) in [5, 5.41) is 3.49. The molecule has 0 saturated heterocycles. The van der Waals surface area contributed by atoms with Gasteiger partial charge >= 0.3 is 0 Å². The van der Waals surface area contributed by atoms with E-state index >= 15 is 0 Å². The number of benzene rings is 1. The van der Waals surface area contributed by atoms with Gasteiger partial charge < -0.3 is 19.5 Å². The average Bonchev–Trinajstić information content (AvgIpc) is 2.43. The van der Waals surface area contributed by atoms with E-state index in [0.29, 0.717) is 11.5 Å². The van der Waals surface area contributed by atoms with Crippen LogP contribution in [-0.4, -0.2) is 27.9 Å². The van der Waals surface area contributed by atoms with E-state index in [1.165, 1.54) is 25.7 Å². The van der Waals surface area contributed by atoms with E-state index < -0.39 is 0 Å². The van der Waals surface area contributed by atoms with Crippen LogP contribution < -0.4 is 19.5 Å². The van der Waals surface area contributed by atoms with Crippen molar-refractivity contribution >= 4 is 0 Å². The summed E-state index contributed by atoms with van der Waals surface area (Å²) in [6.45, 7) is 1.85. The number of hydrogen-bond acceptors (Lipinski definition) is 4. The van der Waals surface area contributed by atoms with Crippen LogP contribution in [0, 0.1) is 5.92 Å². The lowest BCUT2D eigenvalue weighted by atomic mass is 9.83. The molecule has 4 heteroatoms. The van der Waals surface area contributed by atoms with Crippen LogP contribution in [0.25, 0.3) is 0 Å². The summed E-state index contributed by atoms with van der Waals surface area (Å²) < 4.78 is 16.2. The average molecular weight is 279 g/mol. The molecule has 0 heterocycles. The van der Waals surface area contributed by atoms with Gasteiger partial charge in [-0.25, -0.2) is 0 Å². The molecule has 0 radical (unpaired) electrons. The molecule has 112 valence electrons. The predicted octanol–water partition coefficient (Wildman–Crippen LogP) is 2.99. The van der Waals surface area contributed by atoms with Crippen LogP contribution in [0.15, 0.2) is 12.1 Å². The van der Waals surface area contributed by atoms with Gasteiger partial charge in [0.1, 0.15) is 0 Å². The summed E-state index contributed by atoms with van der Waals surface area (Å²) in [6, 6.07) is 3.95. The molecule has 0 atom stereocenters. The van der Waals surface area contributed by atoms with Crippen LogP contribution in [-0.2, 0) is 6.54 Å². The van der Waals surface area contributed by atoms with Crippen LogP contribution in [0.4, 0.5) is 0 Å². The Kier molecular flexibility index (Phi) is 5.53. The minimum atomic E-state index is 0.660. The number of nitrogens with one attached hydrogen (secondary N) is 1. The first kappa shape index (κ1) is 15.0. The van der Waals surface area contributed by atoms with Crippen molar-refractivity contribution in [2.75, 3.05) is 27.9 Å². The Morgan fingerprint density at radius 3 is 2.35 bits per heavy atom. The number of rotatable bonds is 8. The number of hydrogen-bond donors (Lipinski definition) is 1. The lowest BCUT2D eigenvalue weighted by Gasteiger charge is -2.25. The fourth-order valence-electron chi connectivity index (χ4n) is 2.61. The molecule has 0 unspecified atom stereocenters. The fraction of sp³-hybridized carbons (Fsp3) is 0.625. The molecule has 4 nitrogen and oxygen atoms in total. The van der Waals surface area contributed by atoms with Crippen molar-refractivity contribution in [3.63, 3.8) is 0 Å². The maximum atomic E-state index is 5.48. The highest BCUT2D eigenvalue weighted by Crippen LogP contribution is 2.39. The molecule has 1 saturated carbocycles. The highest BCUT2D eigenvalue weighted by molar-refractivity contribution is 5.55. The SMILES string of the molecule is COc1ccc(CNCCC2CCC2)c(OC)c1OC. The molecule has 1 aromatic carbocycles. The minimum absolute atomic E-state index is 0.660. The van der Waals surface area contributed by atoms with E-state index in [-0.39, 0.29) is 0 Å². The van der Waals surface area contributed by atoms with E-state index in [4.69, 9.17) is 14.2 Å². The molecule has 0 aliphatic heterocycles. The molecular weight excluding hydrogens is 254 g/mol. The Bertz CT molecular complexity index is 430. The van der Waals surface area contributed by atoms with E-state index in [0.717, 1.165) is 30.3 Å². The molecule has 0 spiro atoms. The number of ether oxygens (including phenoxy) is 3. The Hall–Kier alpha value is -1.42. The molecule has 1 N–H and O–H groups in total. The van der Waals surface area contributed by atoms with Crippen LogP contribution in [0.3, 0.4) is 0 Å². The lowest BCUT2D eigenvalue weighted by molar-refractivity contribution is 0.291. The molecule has 20 heavy (non-hydrogen) atoms. The molecule has 1 aliphatic carbocycles. The largest absolute Gasteiger partial charge is 0.493 e. The van der Waals surface area contributed by atoms with Gasteiger partial charge in [0.25, 0.3) is 0 Å². The third kappa shape index (κ3) is 3.37. The summed E-state index contributed by atoms with van der Waals surface area (Å²) in [5.41, 5.74) is 1.10.